The molecule has 0 radical (unpaired) electrons. The summed E-state index contributed by atoms with van der Waals surface area (Å²) in [5.41, 5.74) is 0.903. The Kier molecular flexibility index (Phi) is 5.52. The summed E-state index contributed by atoms with van der Waals surface area (Å²) in [7, 11) is 1.20. The fourth-order valence-corrected chi connectivity index (χ4v) is 1.34. The van der Waals surface area contributed by atoms with Crippen LogP contribution < -0.4 is 10.6 Å². The molecule has 5 nitrogen and oxygen atoms in total. The first-order valence-electron chi connectivity index (χ1n) is 5.11. The van der Waals surface area contributed by atoms with Crippen molar-refractivity contribution in [3.05, 3.63) is 23.8 Å². The molecule has 0 saturated heterocycles. The van der Waals surface area contributed by atoms with Crippen molar-refractivity contribution in [1.82, 2.24) is 0 Å². The second-order valence-electron chi connectivity index (χ2n) is 3.47. The van der Waals surface area contributed by atoms with Gasteiger partial charge in [-0.1, -0.05) is 40.7 Å². The summed E-state index contributed by atoms with van der Waals surface area (Å²) in [5, 5.41) is 4.75. The molecule has 0 aromatic heterocycles. The molecule has 0 fully saturated rings. The molecular weight excluding hydrogens is 327 g/mol. The minimum absolute atomic E-state index is 0.183. The molecular formula is C12H9Cl3N2O3. The van der Waals surface area contributed by atoms with Crippen molar-refractivity contribution in [3.8, 4) is 12.3 Å². The van der Waals surface area contributed by atoms with Crippen molar-refractivity contribution in [2.45, 2.75) is 3.79 Å². The number of methoxy groups -OCH3 is 1. The Hall–Kier alpha value is -1.61. The van der Waals surface area contributed by atoms with Crippen LogP contribution in [0, 0.1) is 12.3 Å². The van der Waals surface area contributed by atoms with Gasteiger partial charge in [0.25, 0.3) is 9.70 Å². The fraction of sp³-hybridized carbons (Fsp3) is 0.167. The maximum atomic E-state index is 11.6. The number of hydrogen-bond acceptors (Lipinski definition) is 3. The monoisotopic (exact) mass is 334 g/mol. The van der Waals surface area contributed by atoms with Crippen LogP contribution in [0.2, 0.25) is 0 Å². The van der Waals surface area contributed by atoms with Crippen LogP contribution in [0.1, 0.15) is 5.56 Å². The zero-order chi connectivity index (χ0) is 15.3. The molecule has 0 heterocycles. The van der Waals surface area contributed by atoms with Gasteiger partial charge in [0, 0.05) is 5.56 Å². The Balaban J connectivity index is 3.10. The Labute approximate surface area is 130 Å². The number of terminal acetylenes is 1. The molecule has 0 aliphatic rings. The summed E-state index contributed by atoms with van der Waals surface area (Å²) in [5.74, 6) is 1.50. The number of rotatable bonds is 2. The fourth-order valence-electron chi connectivity index (χ4n) is 1.20. The number of ether oxygens (including phenoxy) is 1. The number of carbonyl (C=O) groups is 2. The summed E-state index contributed by atoms with van der Waals surface area (Å²) in [6.45, 7) is 0. The van der Waals surface area contributed by atoms with Crippen LogP contribution in [-0.4, -0.2) is 22.9 Å². The van der Waals surface area contributed by atoms with E-state index in [9.17, 15) is 9.59 Å². The lowest BCUT2D eigenvalue weighted by Crippen LogP contribution is -2.27. The smallest absolute Gasteiger partial charge is 0.411 e. The Morgan fingerprint density at radius 1 is 1.25 bits per heavy atom. The third-order valence-corrected chi connectivity index (χ3v) is 2.63. The lowest BCUT2D eigenvalue weighted by atomic mass is 10.1. The van der Waals surface area contributed by atoms with E-state index in [-0.39, 0.29) is 11.4 Å². The number of alkyl halides is 3. The number of halogens is 3. The average molecular weight is 336 g/mol. The zero-order valence-corrected chi connectivity index (χ0v) is 12.4. The molecule has 1 rings (SSSR count). The van der Waals surface area contributed by atoms with Crippen LogP contribution in [0.3, 0.4) is 0 Å². The number of anilines is 2. The largest absolute Gasteiger partial charge is 0.453 e. The van der Waals surface area contributed by atoms with Crippen molar-refractivity contribution in [3.63, 3.8) is 0 Å². The van der Waals surface area contributed by atoms with E-state index in [1.807, 2.05) is 0 Å². The number of nitrogens with one attached hydrogen (secondary N) is 2. The third kappa shape index (κ3) is 4.49. The van der Waals surface area contributed by atoms with Crippen LogP contribution in [0.25, 0.3) is 0 Å². The Morgan fingerprint density at radius 3 is 2.40 bits per heavy atom. The van der Waals surface area contributed by atoms with Gasteiger partial charge < -0.3 is 10.1 Å². The topological polar surface area (TPSA) is 67.4 Å². The maximum absolute atomic E-state index is 11.6. The molecule has 106 valence electrons. The molecule has 2 amide bonds. The van der Waals surface area contributed by atoms with E-state index in [2.05, 4.69) is 21.3 Å². The van der Waals surface area contributed by atoms with Crippen LogP contribution in [0.15, 0.2) is 18.2 Å². The van der Waals surface area contributed by atoms with Crippen LogP contribution >= 0.6 is 34.8 Å². The Morgan fingerprint density at radius 2 is 1.90 bits per heavy atom. The van der Waals surface area contributed by atoms with E-state index in [0.29, 0.717) is 5.56 Å². The van der Waals surface area contributed by atoms with Gasteiger partial charge in [0.2, 0.25) is 0 Å². The number of carbonyl (C=O) groups excluding carboxylic acids is 2. The van der Waals surface area contributed by atoms with Gasteiger partial charge >= 0.3 is 6.09 Å². The number of hydrogen-bond donors (Lipinski definition) is 2. The minimum atomic E-state index is -2.14. The van der Waals surface area contributed by atoms with E-state index >= 15 is 0 Å². The molecule has 0 aliphatic carbocycles. The van der Waals surface area contributed by atoms with Gasteiger partial charge in [-0.2, -0.15) is 0 Å². The average Bonchev–Trinajstić information content (AvgIpc) is 2.39. The van der Waals surface area contributed by atoms with Gasteiger partial charge in [0.1, 0.15) is 0 Å². The van der Waals surface area contributed by atoms with Gasteiger partial charge in [0.15, 0.2) is 0 Å². The molecule has 0 atom stereocenters. The van der Waals surface area contributed by atoms with Crippen molar-refractivity contribution < 1.29 is 14.3 Å². The van der Waals surface area contributed by atoms with Crippen LogP contribution in [0.5, 0.6) is 0 Å². The van der Waals surface area contributed by atoms with Gasteiger partial charge in [-0.25, -0.2) is 4.79 Å². The number of benzene rings is 1. The van der Waals surface area contributed by atoms with Crippen molar-refractivity contribution in [2.75, 3.05) is 17.7 Å². The molecule has 0 saturated carbocycles. The van der Waals surface area contributed by atoms with Gasteiger partial charge in [-0.3, -0.25) is 10.1 Å². The summed E-state index contributed by atoms with van der Waals surface area (Å²) in [6, 6.07) is 4.50. The second-order valence-corrected chi connectivity index (χ2v) is 5.75. The molecule has 0 aliphatic heterocycles. The van der Waals surface area contributed by atoms with Crippen molar-refractivity contribution in [2.24, 2.45) is 0 Å². The minimum Gasteiger partial charge on any atom is -0.453 e. The molecule has 0 spiro atoms. The van der Waals surface area contributed by atoms with E-state index < -0.39 is 15.8 Å². The quantitative estimate of drug-likeness (QED) is 0.644. The number of amides is 2. The SMILES string of the molecule is C#Cc1ccc(NC(=O)OC)c(NC(=O)C(Cl)(Cl)Cl)c1. The second kappa shape index (κ2) is 6.71. The van der Waals surface area contributed by atoms with E-state index in [4.69, 9.17) is 41.2 Å². The molecule has 0 unspecified atom stereocenters. The zero-order valence-electron chi connectivity index (χ0n) is 10.2. The van der Waals surface area contributed by atoms with Gasteiger partial charge in [-0.05, 0) is 18.2 Å². The van der Waals surface area contributed by atoms with Crippen LogP contribution in [-0.2, 0) is 9.53 Å². The molecule has 1 aromatic carbocycles. The van der Waals surface area contributed by atoms with E-state index in [0.717, 1.165) is 0 Å². The highest BCUT2D eigenvalue weighted by atomic mass is 35.6. The summed E-state index contributed by atoms with van der Waals surface area (Å²) in [6.07, 6.45) is 4.54. The molecule has 1 aromatic rings. The van der Waals surface area contributed by atoms with E-state index in [1.165, 1.54) is 19.2 Å². The maximum Gasteiger partial charge on any atom is 0.411 e. The van der Waals surface area contributed by atoms with Crippen molar-refractivity contribution in [1.29, 1.82) is 0 Å². The predicted octanol–water partition coefficient (Wildman–Crippen LogP) is 3.15. The molecule has 20 heavy (non-hydrogen) atoms. The van der Waals surface area contributed by atoms with Crippen molar-refractivity contribution >= 4 is 58.2 Å². The summed E-state index contributed by atoms with van der Waals surface area (Å²) in [4.78, 5) is 22.8. The highest BCUT2D eigenvalue weighted by Gasteiger charge is 2.31. The standard InChI is InChI=1S/C12H9Cl3N2O3/c1-3-7-4-5-8(17-11(19)20-2)9(6-7)16-10(18)12(13,14)15/h1,4-6H,2H3,(H,16,18)(H,17,19). The summed E-state index contributed by atoms with van der Waals surface area (Å²) >= 11 is 16.4. The lowest BCUT2D eigenvalue weighted by molar-refractivity contribution is -0.115. The Bertz CT molecular complexity index is 576. The first-order valence-corrected chi connectivity index (χ1v) is 6.25. The van der Waals surface area contributed by atoms with Crippen LogP contribution in [0.4, 0.5) is 16.2 Å². The molecule has 0 bridgehead atoms. The summed E-state index contributed by atoms with van der Waals surface area (Å²) < 4.78 is 2.31. The predicted molar refractivity (Wildman–Crippen MR) is 79.3 cm³/mol. The highest BCUT2D eigenvalue weighted by molar-refractivity contribution is 6.76. The van der Waals surface area contributed by atoms with E-state index in [1.54, 1.807) is 6.07 Å². The molecule has 8 heteroatoms. The normalized spacial score (nSPS) is 10.3. The first kappa shape index (κ1) is 16.4. The molecule has 2 N–H and O–H groups in total. The lowest BCUT2D eigenvalue weighted by Gasteiger charge is -2.15. The first-order chi connectivity index (χ1) is 9.27. The van der Waals surface area contributed by atoms with Gasteiger partial charge in [0.05, 0.1) is 18.5 Å². The highest BCUT2D eigenvalue weighted by Crippen LogP contribution is 2.30. The third-order valence-electron chi connectivity index (χ3n) is 2.11. The van der Waals surface area contributed by atoms with Gasteiger partial charge in [-0.15, -0.1) is 6.42 Å².